The van der Waals surface area contributed by atoms with Gasteiger partial charge in [-0.25, -0.2) is 4.79 Å². The number of aryl methyl sites for hydroxylation is 1. The minimum atomic E-state index is -0.580. The molecule has 2 aromatic rings. The van der Waals surface area contributed by atoms with Gasteiger partial charge in [0.05, 0.1) is 23.0 Å². The third-order valence-electron chi connectivity index (χ3n) is 2.55. The minimum absolute atomic E-state index is 0.121. The monoisotopic (exact) mass is 251 g/mol. The van der Waals surface area contributed by atoms with E-state index in [9.17, 15) is 9.59 Å². The van der Waals surface area contributed by atoms with E-state index >= 15 is 0 Å². The molecule has 1 heterocycles. The van der Waals surface area contributed by atoms with Crippen molar-refractivity contribution in [2.75, 3.05) is 7.11 Å². The lowest BCUT2D eigenvalue weighted by molar-refractivity contribution is 0.0594. The lowest BCUT2D eigenvalue weighted by Crippen LogP contribution is -2.12. The highest BCUT2D eigenvalue weighted by Gasteiger charge is 2.12. The van der Waals surface area contributed by atoms with Crippen molar-refractivity contribution in [1.82, 2.24) is 4.98 Å². The second-order valence-electron chi connectivity index (χ2n) is 3.65. The van der Waals surface area contributed by atoms with E-state index in [0.717, 1.165) is 5.56 Å². The number of ether oxygens (including phenoxy) is 1. The summed E-state index contributed by atoms with van der Waals surface area (Å²) in [4.78, 5) is 26.1. The molecule has 0 unspecified atom stereocenters. The Morgan fingerprint density at radius 1 is 1.41 bits per heavy atom. The van der Waals surface area contributed by atoms with E-state index in [1.807, 2.05) is 6.92 Å². The van der Waals surface area contributed by atoms with Crippen LogP contribution in [0.5, 0.6) is 0 Å². The molecule has 2 rings (SSSR count). The molecule has 0 aliphatic carbocycles. The predicted molar refractivity (Wildman–Crippen MR) is 65.7 cm³/mol. The molecule has 88 valence electrons. The van der Waals surface area contributed by atoms with Gasteiger partial charge < -0.3 is 9.72 Å². The molecule has 0 spiro atoms. The number of aromatic amines is 1. The van der Waals surface area contributed by atoms with Gasteiger partial charge in [0.2, 0.25) is 0 Å². The van der Waals surface area contributed by atoms with E-state index in [1.54, 1.807) is 12.1 Å². The van der Waals surface area contributed by atoms with Crippen molar-refractivity contribution in [2.45, 2.75) is 6.92 Å². The summed E-state index contributed by atoms with van der Waals surface area (Å²) in [6.07, 6.45) is 0. The number of aromatic nitrogens is 1. The third kappa shape index (κ3) is 1.91. The highest BCUT2D eigenvalue weighted by atomic mass is 35.5. The molecular weight excluding hydrogens is 242 g/mol. The third-order valence-corrected chi connectivity index (χ3v) is 2.86. The van der Waals surface area contributed by atoms with Gasteiger partial charge in [-0.1, -0.05) is 17.7 Å². The van der Waals surface area contributed by atoms with Gasteiger partial charge in [-0.15, -0.1) is 0 Å². The molecule has 0 fully saturated rings. The zero-order chi connectivity index (χ0) is 12.6. The fourth-order valence-electron chi connectivity index (χ4n) is 1.68. The van der Waals surface area contributed by atoms with Crippen molar-refractivity contribution >= 4 is 28.5 Å². The van der Waals surface area contributed by atoms with E-state index < -0.39 is 5.97 Å². The number of rotatable bonds is 1. The number of pyridine rings is 1. The fraction of sp³-hybridized carbons (Fsp3) is 0.167. The number of methoxy groups -OCH3 is 1. The number of fused-ring (bicyclic) bond motifs is 1. The van der Waals surface area contributed by atoms with Gasteiger partial charge in [0.1, 0.15) is 5.69 Å². The summed E-state index contributed by atoms with van der Waals surface area (Å²) in [6.45, 7) is 1.83. The molecule has 1 aromatic heterocycles. The SMILES string of the molecule is COC(=O)c1cc(=O)c2c(Cl)ccc(C)c2[nH]1. The molecule has 4 nitrogen and oxygen atoms in total. The number of carbonyl (C=O) groups is 1. The molecular formula is C12H10ClNO3. The van der Waals surface area contributed by atoms with Crippen LogP contribution in [-0.4, -0.2) is 18.1 Å². The van der Waals surface area contributed by atoms with Gasteiger partial charge in [-0.3, -0.25) is 4.79 Å². The van der Waals surface area contributed by atoms with E-state index in [1.165, 1.54) is 13.2 Å². The van der Waals surface area contributed by atoms with E-state index in [2.05, 4.69) is 9.72 Å². The van der Waals surface area contributed by atoms with Crippen molar-refractivity contribution < 1.29 is 9.53 Å². The van der Waals surface area contributed by atoms with Crippen LogP contribution in [0.2, 0.25) is 5.02 Å². The number of hydrogen-bond donors (Lipinski definition) is 1. The average molecular weight is 252 g/mol. The van der Waals surface area contributed by atoms with Gasteiger partial charge in [-0.2, -0.15) is 0 Å². The molecule has 0 aliphatic rings. The topological polar surface area (TPSA) is 59.2 Å². The highest BCUT2D eigenvalue weighted by Crippen LogP contribution is 2.22. The van der Waals surface area contributed by atoms with Gasteiger partial charge >= 0.3 is 5.97 Å². The van der Waals surface area contributed by atoms with Crippen LogP contribution in [-0.2, 0) is 4.74 Å². The highest BCUT2D eigenvalue weighted by molar-refractivity contribution is 6.35. The lowest BCUT2D eigenvalue weighted by Gasteiger charge is -2.06. The average Bonchev–Trinajstić information content (AvgIpc) is 2.32. The largest absolute Gasteiger partial charge is 0.464 e. The van der Waals surface area contributed by atoms with Crippen LogP contribution < -0.4 is 5.43 Å². The number of benzene rings is 1. The Bertz CT molecular complexity index is 661. The van der Waals surface area contributed by atoms with Gasteiger partial charge in [0.15, 0.2) is 5.43 Å². The number of esters is 1. The summed E-state index contributed by atoms with van der Waals surface area (Å²) in [6, 6.07) is 4.63. The van der Waals surface area contributed by atoms with E-state index in [0.29, 0.717) is 15.9 Å². The van der Waals surface area contributed by atoms with Crippen molar-refractivity contribution in [3.63, 3.8) is 0 Å². The van der Waals surface area contributed by atoms with Crippen LogP contribution >= 0.6 is 11.6 Å². The predicted octanol–water partition coefficient (Wildman–Crippen LogP) is 2.28. The Morgan fingerprint density at radius 3 is 2.76 bits per heavy atom. The molecule has 5 heteroatoms. The number of nitrogens with one attached hydrogen (secondary N) is 1. The lowest BCUT2D eigenvalue weighted by atomic mass is 10.1. The standard InChI is InChI=1S/C12H10ClNO3/c1-6-3-4-7(13)10-9(15)5-8(12(16)17-2)14-11(6)10/h3-5H,1-2H3,(H,14,15). The fourth-order valence-corrected chi connectivity index (χ4v) is 1.93. The van der Waals surface area contributed by atoms with Crippen molar-refractivity contribution in [3.05, 3.63) is 44.7 Å². The number of halogens is 1. The molecule has 1 N–H and O–H groups in total. The Hall–Kier alpha value is -1.81. The van der Waals surface area contributed by atoms with Crippen LogP contribution in [0.15, 0.2) is 23.0 Å². The number of H-pyrrole nitrogens is 1. The molecule has 0 atom stereocenters. The van der Waals surface area contributed by atoms with E-state index in [4.69, 9.17) is 11.6 Å². The maximum absolute atomic E-state index is 11.9. The van der Waals surface area contributed by atoms with Crippen LogP contribution in [0.25, 0.3) is 10.9 Å². The number of carbonyl (C=O) groups excluding carboxylic acids is 1. The first-order valence-corrected chi connectivity index (χ1v) is 5.33. The summed E-state index contributed by atoms with van der Waals surface area (Å²) in [5.41, 5.74) is 1.22. The van der Waals surface area contributed by atoms with Crippen LogP contribution in [0.4, 0.5) is 0 Å². The van der Waals surface area contributed by atoms with Crippen LogP contribution in [0, 0.1) is 6.92 Å². The zero-order valence-electron chi connectivity index (χ0n) is 9.33. The molecule has 0 aliphatic heterocycles. The van der Waals surface area contributed by atoms with Crippen LogP contribution in [0.1, 0.15) is 16.1 Å². The first-order chi connectivity index (χ1) is 8.04. The Kier molecular flexibility index (Phi) is 2.90. The molecule has 0 radical (unpaired) electrons. The normalized spacial score (nSPS) is 10.5. The number of hydrogen-bond acceptors (Lipinski definition) is 3. The van der Waals surface area contributed by atoms with Crippen molar-refractivity contribution in [2.24, 2.45) is 0 Å². The van der Waals surface area contributed by atoms with Gasteiger partial charge in [0.25, 0.3) is 0 Å². The Balaban J connectivity index is 2.87. The molecule has 17 heavy (non-hydrogen) atoms. The quantitative estimate of drug-likeness (QED) is 0.791. The summed E-state index contributed by atoms with van der Waals surface area (Å²) in [5, 5.41) is 0.752. The molecule has 0 bridgehead atoms. The minimum Gasteiger partial charge on any atom is -0.464 e. The smallest absolute Gasteiger partial charge is 0.354 e. The van der Waals surface area contributed by atoms with Gasteiger partial charge in [-0.05, 0) is 18.6 Å². The first kappa shape index (κ1) is 11.7. The summed E-state index contributed by atoms with van der Waals surface area (Å²) in [7, 11) is 1.26. The molecule has 0 saturated carbocycles. The van der Waals surface area contributed by atoms with Crippen LogP contribution in [0.3, 0.4) is 0 Å². The van der Waals surface area contributed by atoms with Gasteiger partial charge in [0, 0.05) is 6.07 Å². The Labute approximate surface area is 102 Å². The molecule has 0 saturated heterocycles. The molecule has 0 amide bonds. The zero-order valence-corrected chi connectivity index (χ0v) is 10.1. The molecule has 1 aromatic carbocycles. The second kappa shape index (κ2) is 4.22. The van der Waals surface area contributed by atoms with E-state index in [-0.39, 0.29) is 11.1 Å². The summed E-state index contributed by atoms with van der Waals surface area (Å²) >= 11 is 5.96. The van der Waals surface area contributed by atoms with Crippen molar-refractivity contribution in [1.29, 1.82) is 0 Å². The first-order valence-electron chi connectivity index (χ1n) is 4.95. The second-order valence-corrected chi connectivity index (χ2v) is 4.06. The van der Waals surface area contributed by atoms with Crippen molar-refractivity contribution in [3.8, 4) is 0 Å². The summed E-state index contributed by atoms with van der Waals surface area (Å²) < 4.78 is 4.57. The summed E-state index contributed by atoms with van der Waals surface area (Å²) in [5.74, 6) is -0.580. The maximum Gasteiger partial charge on any atom is 0.354 e. The maximum atomic E-state index is 11.9. The Morgan fingerprint density at radius 2 is 2.12 bits per heavy atom.